The number of thioether (sulfide) groups is 1. The van der Waals surface area contributed by atoms with E-state index in [1.165, 1.54) is 0 Å². The van der Waals surface area contributed by atoms with E-state index < -0.39 is 0 Å². The van der Waals surface area contributed by atoms with Crippen LogP contribution >= 0.6 is 11.8 Å². The van der Waals surface area contributed by atoms with Gasteiger partial charge < -0.3 is 13.9 Å². The van der Waals surface area contributed by atoms with E-state index in [9.17, 15) is 4.79 Å². The first-order valence-electron chi connectivity index (χ1n) is 7.50. The highest BCUT2D eigenvalue weighted by Crippen LogP contribution is 2.33. The van der Waals surface area contributed by atoms with Crippen molar-refractivity contribution in [3.63, 3.8) is 0 Å². The average Bonchev–Trinajstić information content (AvgIpc) is 3.10. The van der Waals surface area contributed by atoms with Crippen LogP contribution in [0.2, 0.25) is 0 Å². The molecule has 25 heavy (non-hydrogen) atoms. The number of nitrogens with zero attached hydrogens (tertiary/aromatic N) is 2. The molecule has 1 aromatic heterocycles. The van der Waals surface area contributed by atoms with Crippen molar-refractivity contribution in [1.29, 1.82) is 0 Å². The molecule has 0 aliphatic heterocycles. The highest BCUT2D eigenvalue weighted by molar-refractivity contribution is 8.13. The van der Waals surface area contributed by atoms with Gasteiger partial charge in [-0.15, -0.1) is 10.2 Å². The van der Waals surface area contributed by atoms with Crippen molar-refractivity contribution >= 4 is 16.9 Å². The second-order valence-electron chi connectivity index (χ2n) is 5.08. The standard InChI is InChI=1S/C18H16N2O4S/c1-22-13-8-9-14(15(11-13)23-2)17-19-20-18(24-17)25-16(21)10-12-6-4-3-5-7-12/h3-9,11H,10H2,1-2H3. The summed E-state index contributed by atoms with van der Waals surface area (Å²) in [6.07, 6.45) is 0.301. The average molecular weight is 356 g/mol. The van der Waals surface area contributed by atoms with Crippen molar-refractivity contribution in [2.75, 3.05) is 14.2 Å². The van der Waals surface area contributed by atoms with Gasteiger partial charge >= 0.3 is 0 Å². The molecule has 0 aliphatic rings. The number of carbonyl (C=O) groups excluding carboxylic acids is 1. The second-order valence-corrected chi connectivity index (χ2v) is 6.08. The number of ether oxygens (including phenoxy) is 2. The third kappa shape index (κ3) is 4.19. The summed E-state index contributed by atoms with van der Waals surface area (Å²) in [6, 6.07) is 14.8. The van der Waals surface area contributed by atoms with Gasteiger partial charge in [0.25, 0.3) is 11.1 Å². The van der Waals surface area contributed by atoms with Crippen LogP contribution < -0.4 is 9.47 Å². The van der Waals surface area contributed by atoms with Crippen LogP contribution in [0.3, 0.4) is 0 Å². The lowest BCUT2D eigenvalue weighted by Crippen LogP contribution is -1.96. The molecule has 128 valence electrons. The fourth-order valence-electron chi connectivity index (χ4n) is 2.23. The van der Waals surface area contributed by atoms with Crippen molar-refractivity contribution in [2.24, 2.45) is 0 Å². The Hall–Kier alpha value is -2.80. The molecule has 3 aromatic rings. The number of benzene rings is 2. The summed E-state index contributed by atoms with van der Waals surface area (Å²) in [5, 5.41) is 8.07. The van der Waals surface area contributed by atoms with Crippen LogP contribution in [0.4, 0.5) is 0 Å². The third-order valence-corrected chi connectivity index (χ3v) is 4.15. The predicted octanol–water partition coefficient (Wildman–Crippen LogP) is 3.62. The highest BCUT2D eigenvalue weighted by Gasteiger charge is 2.17. The van der Waals surface area contributed by atoms with E-state index in [1.54, 1.807) is 32.4 Å². The minimum absolute atomic E-state index is 0.0666. The summed E-state index contributed by atoms with van der Waals surface area (Å²) >= 11 is 0.930. The summed E-state index contributed by atoms with van der Waals surface area (Å²) in [7, 11) is 3.13. The molecule has 0 atom stereocenters. The van der Waals surface area contributed by atoms with E-state index in [4.69, 9.17) is 13.9 Å². The van der Waals surface area contributed by atoms with Crippen molar-refractivity contribution < 1.29 is 18.7 Å². The molecule has 0 saturated heterocycles. The van der Waals surface area contributed by atoms with E-state index in [-0.39, 0.29) is 16.2 Å². The van der Waals surface area contributed by atoms with Gasteiger partial charge in [0.2, 0.25) is 5.12 Å². The Balaban J connectivity index is 1.73. The lowest BCUT2D eigenvalue weighted by atomic mass is 10.2. The molecule has 6 nitrogen and oxygen atoms in total. The molecule has 0 fully saturated rings. The Kier molecular flexibility index (Phi) is 5.35. The normalized spacial score (nSPS) is 10.5. The van der Waals surface area contributed by atoms with E-state index in [0.717, 1.165) is 17.3 Å². The van der Waals surface area contributed by atoms with Crippen LogP contribution in [0.5, 0.6) is 11.5 Å². The van der Waals surface area contributed by atoms with Gasteiger partial charge in [0.05, 0.1) is 19.8 Å². The molecule has 0 aliphatic carbocycles. The van der Waals surface area contributed by atoms with Crippen LogP contribution in [0.1, 0.15) is 5.56 Å². The summed E-state index contributed by atoms with van der Waals surface area (Å²) < 4.78 is 16.1. The second kappa shape index (κ2) is 7.85. The first kappa shape index (κ1) is 17.0. The zero-order valence-electron chi connectivity index (χ0n) is 13.8. The molecule has 0 amide bonds. The molecule has 0 spiro atoms. The minimum Gasteiger partial charge on any atom is -0.497 e. The predicted molar refractivity (Wildman–Crippen MR) is 93.8 cm³/mol. The lowest BCUT2D eigenvalue weighted by Gasteiger charge is -2.07. The quantitative estimate of drug-likeness (QED) is 0.625. The Bertz CT molecular complexity index is 865. The van der Waals surface area contributed by atoms with Crippen molar-refractivity contribution in [2.45, 2.75) is 11.6 Å². The number of methoxy groups -OCH3 is 2. The molecule has 0 N–H and O–H groups in total. The van der Waals surface area contributed by atoms with Gasteiger partial charge in [0, 0.05) is 24.2 Å². The molecule has 0 bridgehead atoms. The molecule has 3 rings (SSSR count). The van der Waals surface area contributed by atoms with E-state index >= 15 is 0 Å². The van der Waals surface area contributed by atoms with Gasteiger partial charge in [0.1, 0.15) is 11.5 Å². The smallest absolute Gasteiger partial charge is 0.284 e. The molecule has 7 heteroatoms. The minimum atomic E-state index is -0.0666. The van der Waals surface area contributed by atoms with Gasteiger partial charge in [-0.25, -0.2) is 0 Å². The maximum atomic E-state index is 12.1. The van der Waals surface area contributed by atoms with Gasteiger partial charge in [-0.2, -0.15) is 0 Å². The van der Waals surface area contributed by atoms with Crippen LogP contribution in [0.15, 0.2) is 58.2 Å². The molecule has 1 heterocycles. The van der Waals surface area contributed by atoms with Gasteiger partial charge in [-0.1, -0.05) is 30.3 Å². The van der Waals surface area contributed by atoms with Crippen LogP contribution in [-0.2, 0) is 11.2 Å². The van der Waals surface area contributed by atoms with Crippen molar-refractivity contribution in [3.8, 4) is 23.0 Å². The van der Waals surface area contributed by atoms with E-state index in [2.05, 4.69) is 10.2 Å². The number of rotatable bonds is 6. The first-order chi connectivity index (χ1) is 12.2. The highest BCUT2D eigenvalue weighted by atomic mass is 32.2. The molecular formula is C18H16N2O4S. The SMILES string of the molecule is COc1ccc(-c2nnc(SC(=O)Cc3ccccc3)o2)c(OC)c1. The summed E-state index contributed by atoms with van der Waals surface area (Å²) in [6.45, 7) is 0. The van der Waals surface area contributed by atoms with Gasteiger partial charge in [0.15, 0.2) is 0 Å². The zero-order valence-corrected chi connectivity index (χ0v) is 14.6. The van der Waals surface area contributed by atoms with Gasteiger partial charge in [-0.05, 0) is 17.7 Å². The molecule has 0 unspecified atom stereocenters. The monoisotopic (exact) mass is 356 g/mol. The van der Waals surface area contributed by atoms with Crippen LogP contribution in [-0.4, -0.2) is 29.5 Å². The Morgan fingerprint density at radius 3 is 2.60 bits per heavy atom. The lowest BCUT2D eigenvalue weighted by molar-refractivity contribution is -0.110. The summed E-state index contributed by atoms with van der Waals surface area (Å²) in [4.78, 5) is 12.1. The Morgan fingerprint density at radius 2 is 1.88 bits per heavy atom. The fraction of sp³-hybridized carbons (Fsp3) is 0.167. The first-order valence-corrected chi connectivity index (χ1v) is 8.31. The van der Waals surface area contributed by atoms with Gasteiger partial charge in [-0.3, -0.25) is 4.79 Å². The number of hydrogen-bond donors (Lipinski definition) is 0. The summed E-state index contributed by atoms with van der Waals surface area (Å²) in [5.41, 5.74) is 1.58. The summed E-state index contributed by atoms with van der Waals surface area (Å²) in [5.74, 6) is 1.50. The maximum absolute atomic E-state index is 12.1. The third-order valence-electron chi connectivity index (χ3n) is 3.44. The van der Waals surface area contributed by atoms with Crippen LogP contribution in [0, 0.1) is 0 Å². The van der Waals surface area contributed by atoms with Crippen molar-refractivity contribution in [1.82, 2.24) is 10.2 Å². The largest absolute Gasteiger partial charge is 0.497 e. The van der Waals surface area contributed by atoms with E-state index in [0.29, 0.717) is 23.5 Å². The zero-order chi connectivity index (χ0) is 17.6. The van der Waals surface area contributed by atoms with Crippen LogP contribution in [0.25, 0.3) is 11.5 Å². The van der Waals surface area contributed by atoms with E-state index in [1.807, 2.05) is 30.3 Å². The Labute approximate surface area is 149 Å². The number of aromatic nitrogens is 2. The molecule has 0 saturated carbocycles. The maximum Gasteiger partial charge on any atom is 0.284 e. The molecular weight excluding hydrogens is 340 g/mol. The number of carbonyl (C=O) groups is 1. The Morgan fingerprint density at radius 1 is 1.08 bits per heavy atom. The molecule has 2 aromatic carbocycles. The fourth-order valence-corrected chi connectivity index (χ4v) is 2.87. The molecule has 0 radical (unpaired) electrons. The number of hydrogen-bond acceptors (Lipinski definition) is 7. The van der Waals surface area contributed by atoms with Crippen molar-refractivity contribution in [3.05, 3.63) is 54.1 Å². The topological polar surface area (TPSA) is 74.5 Å².